The van der Waals surface area contributed by atoms with Crippen LogP contribution in [-0.4, -0.2) is 53.9 Å². The van der Waals surface area contributed by atoms with Gasteiger partial charge in [0.2, 0.25) is 0 Å². The zero-order valence-corrected chi connectivity index (χ0v) is 20.2. The molecule has 2 N–H and O–H groups in total. The Hall–Kier alpha value is -3.06. The lowest BCUT2D eigenvalue weighted by molar-refractivity contribution is -0.00199. The van der Waals surface area contributed by atoms with Crippen LogP contribution in [-0.2, 0) is 6.42 Å². The molecule has 3 aromatic rings. The Bertz CT molecular complexity index is 1180. The highest BCUT2D eigenvalue weighted by Crippen LogP contribution is 2.41. The van der Waals surface area contributed by atoms with Crippen LogP contribution >= 0.6 is 11.6 Å². The van der Waals surface area contributed by atoms with E-state index in [4.69, 9.17) is 21.1 Å². The van der Waals surface area contributed by atoms with Crippen LogP contribution in [0.4, 0.5) is 5.69 Å². The molecular weight excluding hydrogens is 464 g/mol. The number of hydrogen-bond donors (Lipinski definition) is 2. The average molecular weight is 493 g/mol. The topological polar surface area (TPSA) is 71.0 Å². The summed E-state index contributed by atoms with van der Waals surface area (Å²) in [7, 11) is 0. The lowest BCUT2D eigenvalue weighted by Gasteiger charge is -2.39. The van der Waals surface area contributed by atoms with E-state index in [1.165, 1.54) is 5.56 Å². The predicted octanol–water partition coefficient (Wildman–Crippen LogP) is 4.80. The number of carbonyl (C=O) groups is 1. The van der Waals surface area contributed by atoms with Crippen LogP contribution in [0.3, 0.4) is 0 Å². The highest BCUT2D eigenvalue weighted by atomic mass is 35.5. The number of rotatable bonds is 7. The third-order valence-electron chi connectivity index (χ3n) is 6.69. The van der Waals surface area contributed by atoms with Gasteiger partial charge in [-0.15, -0.1) is 0 Å². The van der Waals surface area contributed by atoms with E-state index >= 15 is 0 Å². The number of ether oxygens (including phenoxy) is 2. The van der Waals surface area contributed by atoms with Gasteiger partial charge >= 0.3 is 0 Å². The van der Waals surface area contributed by atoms with E-state index in [0.29, 0.717) is 23.5 Å². The highest BCUT2D eigenvalue weighted by Gasteiger charge is 2.42. The number of aliphatic hydroxyl groups excluding tert-OH is 1. The molecule has 1 amide bonds. The SMILES string of the molecule is O=C(Nc1ccccc1)c1ccccc1OC[C@H](O)CN1CCC2(CC1)Cc1cc(Cl)ccc1O2. The molecule has 35 heavy (non-hydrogen) atoms. The number of β-amino-alcohol motifs (C(OH)–C–C–N with tert-alkyl or cyclic N) is 1. The smallest absolute Gasteiger partial charge is 0.259 e. The maximum Gasteiger partial charge on any atom is 0.259 e. The number of aliphatic hydroxyl groups is 1. The summed E-state index contributed by atoms with van der Waals surface area (Å²) in [6.45, 7) is 2.30. The van der Waals surface area contributed by atoms with Crippen molar-refractivity contribution in [1.82, 2.24) is 4.90 Å². The Morgan fingerprint density at radius 2 is 1.83 bits per heavy atom. The number of benzene rings is 3. The molecule has 2 aliphatic heterocycles. The molecule has 3 aromatic carbocycles. The quantitative estimate of drug-likeness (QED) is 0.495. The van der Waals surface area contributed by atoms with Crippen LogP contribution < -0.4 is 14.8 Å². The number of para-hydroxylation sites is 2. The standard InChI is InChI=1S/C28H29ClN2O4/c29-21-10-11-25-20(16-21)17-28(35-25)12-14-31(15-13-28)18-23(32)19-34-26-9-5-4-8-24(26)27(33)30-22-6-2-1-3-7-22/h1-11,16,23,32H,12-15,17-19H2,(H,30,33)/t23-/m1/s1. The second-order valence-corrected chi connectivity index (χ2v) is 9.73. The molecule has 0 saturated carbocycles. The van der Waals surface area contributed by atoms with Crippen LogP contribution in [0.2, 0.25) is 5.02 Å². The predicted molar refractivity (Wildman–Crippen MR) is 137 cm³/mol. The maximum atomic E-state index is 12.7. The number of likely N-dealkylation sites (tertiary alicyclic amines) is 1. The van der Waals surface area contributed by atoms with Gasteiger partial charge in [0.25, 0.3) is 5.91 Å². The molecule has 1 saturated heterocycles. The summed E-state index contributed by atoms with van der Waals surface area (Å²) in [5, 5.41) is 14.3. The number of amides is 1. The Morgan fingerprint density at radius 3 is 2.63 bits per heavy atom. The van der Waals surface area contributed by atoms with Crippen molar-refractivity contribution >= 4 is 23.2 Å². The van der Waals surface area contributed by atoms with Gasteiger partial charge in [0.05, 0.1) is 5.56 Å². The van der Waals surface area contributed by atoms with Crippen LogP contribution in [0.25, 0.3) is 0 Å². The first kappa shape index (κ1) is 23.7. The molecule has 0 aliphatic carbocycles. The van der Waals surface area contributed by atoms with E-state index in [9.17, 15) is 9.90 Å². The number of piperidine rings is 1. The normalized spacial score (nSPS) is 17.4. The lowest BCUT2D eigenvalue weighted by Crippen LogP contribution is -2.49. The molecule has 0 aromatic heterocycles. The molecule has 2 heterocycles. The number of nitrogens with one attached hydrogen (secondary N) is 1. The molecule has 1 spiro atoms. The van der Waals surface area contributed by atoms with Crippen molar-refractivity contribution < 1.29 is 19.4 Å². The Labute approximate surface area is 210 Å². The number of halogens is 1. The van der Waals surface area contributed by atoms with E-state index in [0.717, 1.165) is 43.1 Å². The van der Waals surface area contributed by atoms with Crippen molar-refractivity contribution in [2.45, 2.75) is 31.0 Å². The largest absolute Gasteiger partial charge is 0.490 e. The van der Waals surface area contributed by atoms with Crippen LogP contribution in [0.5, 0.6) is 11.5 Å². The van der Waals surface area contributed by atoms with Crippen molar-refractivity contribution in [3.05, 3.63) is 88.9 Å². The minimum Gasteiger partial charge on any atom is -0.490 e. The van der Waals surface area contributed by atoms with Crippen molar-refractivity contribution in [1.29, 1.82) is 0 Å². The summed E-state index contributed by atoms with van der Waals surface area (Å²) in [4.78, 5) is 15.0. The van der Waals surface area contributed by atoms with Crippen LogP contribution in [0.1, 0.15) is 28.8 Å². The Balaban J connectivity index is 1.11. The summed E-state index contributed by atoms with van der Waals surface area (Å²) < 4.78 is 12.2. The molecule has 1 fully saturated rings. The van der Waals surface area contributed by atoms with Gasteiger partial charge in [0.15, 0.2) is 0 Å². The van der Waals surface area contributed by atoms with Gasteiger partial charge in [-0.3, -0.25) is 4.79 Å². The van der Waals surface area contributed by atoms with E-state index in [-0.39, 0.29) is 18.1 Å². The Morgan fingerprint density at radius 1 is 1.09 bits per heavy atom. The fraction of sp³-hybridized carbons (Fsp3) is 0.321. The molecule has 182 valence electrons. The zero-order chi connectivity index (χ0) is 24.3. The second kappa shape index (κ2) is 10.3. The molecule has 7 heteroatoms. The van der Waals surface area contributed by atoms with Gasteiger partial charge in [0, 0.05) is 49.6 Å². The van der Waals surface area contributed by atoms with Gasteiger partial charge in [-0.2, -0.15) is 0 Å². The van der Waals surface area contributed by atoms with Gasteiger partial charge in [0.1, 0.15) is 29.8 Å². The number of hydrogen-bond acceptors (Lipinski definition) is 5. The van der Waals surface area contributed by atoms with E-state index in [1.807, 2.05) is 54.6 Å². The van der Waals surface area contributed by atoms with Crippen molar-refractivity contribution in [2.75, 3.05) is 31.6 Å². The number of carbonyl (C=O) groups excluding carboxylic acids is 1. The third kappa shape index (κ3) is 5.61. The van der Waals surface area contributed by atoms with Gasteiger partial charge in [-0.1, -0.05) is 41.9 Å². The monoisotopic (exact) mass is 492 g/mol. The van der Waals surface area contributed by atoms with E-state index in [1.54, 1.807) is 18.2 Å². The molecule has 1 atom stereocenters. The molecule has 0 radical (unpaired) electrons. The van der Waals surface area contributed by atoms with E-state index in [2.05, 4.69) is 10.2 Å². The van der Waals surface area contributed by atoms with Crippen molar-refractivity contribution in [3.63, 3.8) is 0 Å². The summed E-state index contributed by atoms with van der Waals surface area (Å²) >= 11 is 6.14. The number of nitrogens with zero attached hydrogens (tertiary/aromatic N) is 1. The van der Waals surface area contributed by atoms with Crippen molar-refractivity contribution in [2.24, 2.45) is 0 Å². The molecular formula is C28H29ClN2O4. The number of anilines is 1. The molecule has 2 aliphatic rings. The fourth-order valence-corrected chi connectivity index (χ4v) is 5.06. The fourth-order valence-electron chi connectivity index (χ4n) is 4.86. The zero-order valence-electron chi connectivity index (χ0n) is 19.5. The average Bonchev–Trinajstić information content (AvgIpc) is 3.22. The van der Waals surface area contributed by atoms with Crippen LogP contribution in [0, 0.1) is 0 Å². The minimum absolute atomic E-state index is 0.109. The second-order valence-electron chi connectivity index (χ2n) is 9.30. The van der Waals surface area contributed by atoms with Gasteiger partial charge in [-0.05, 0) is 48.0 Å². The van der Waals surface area contributed by atoms with Gasteiger partial charge in [-0.25, -0.2) is 0 Å². The van der Waals surface area contributed by atoms with E-state index < -0.39 is 6.10 Å². The summed E-state index contributed by atoms with van der Waals surface area (Å²) in [5.74, 6) is 1.14. The third-order valence-corrected chi connectivity index (χ3v) is 6.93. The Kier molecular flexibility index (Phi) is 6.95. The summed E-state index contributed by atoms with van der Waals surface area (Å²) in [6.07, 6.45) is 2.00. The van der Waals surface area contributed by atoms with Crippen LogP contribution in [0.15, 0.2) is 72.8 Å². The molecule has 5 rings (SSSR count). The number of fused-ring (bicyclic) bond motifs is 1. The molecule has 6 nitrogen and oxygen atoms in total. The minimum atomic E-state index is -0.671. The maximum absolute atomic E-state index is 12.7. The first-order valence-corrected chi connectivity index (χ1v) is 12.3. The first-order valence-electron chi connectivity index (χ1n) is 12.0. The summed E-state index contributed by atoms with van der Waals surface area (Å²) in [6, 6.07) is 22.2. The first-order chi connectivity index (χ1) is 17.0. The lowest BCUT2D eigenvalue weighted by atomic mass is 9.87. The van der Waals surface area contributed by atoms with Gasteiger partial charge < -0.3 is 24.8 Å². The van der Waals surface area contributed by atoms with Crippen molar-refractivity contribution in [3.8, 4) is 11.5 Å². The summed E-state index contributed by atoms with van der Waals surface area (Å²) in [5.41, 5.74) is 2.15. The molecule has 0 bridgehead atoms. The molecule has 0 unspecified atom stereocenters. The highest BCUT2D eigenvalue weighted by molar-refractivity contribution is 6.30.